The minimum Gasteiger partial charge on any atom is -0.481 e. The van der Waals surface area contributed by atoms with Crippen LogP contribution in [0, 0.1) is 22.2 Å². The molecule has 140 valence electrons. The molecule has 4 aliphatic carbocycles. The second-order valence-electron chi connectivity index (χ2n) is 7.83. The van der Waals surface area contributed by atoms with Crippen LogP contribution in [0.25, 0.3) is 0 Å². The minimum absolute atomic E-state index is 0.0162. The van der Waals surface area contributed by atoms with E-state index in [1.807, 2.05) is 0 Å². The standard InChI is InChI=1S/C17H24O8/c1-22-9-24-13(20)16-4-11-3-15(6-16,12(18)19)7-17(5-11,8-16)14(21)25-10-23-2/h11H,3-10H2,1-2H3,(H,18,19). The van der Waals surface area contributed by atoms with Crippen LogP contribution in [0.3, 0.4) is 0 Å². The molecule has 4 bridgehead atoms. The molecule has 4 saturated carbocycles. The first-order valence-corrected chi connectivity index (χ1v) is 8.37. The molecule has 0 radical (unpaired) electrons. The number of esters is 2. The molecule has 4 fully saturated rings. The Labute approximate surface area is 145 Å². The van der Waals surface area contributed by atoms with Gasteiger partial charge in [0.2, 0.25) is 0 Å². The minimum atomic E-state index is -1.09. The van der Waals surface area contributed by atoms with Gasteiger partial charge in [0.1, 0.15) is 0 Å². The van der Waals surface area contributed by atoms with Crippen LogP contribution in [0.1, 0.15) is 38.5 Å². The number of carboxylic acid groups (broad SMARTS) is 1. The van der Waals surface area contributed by atoms with Gasteiger partial charge in [-0.3, -0.25) is 14.4 Å². The van der Waals surface area contributed by atoms with Crippen LogP contribution in [0.4, 0.5) is 0 Å². The normalized spacial score (nSPS) is 38.4. The van der Waals surface area contributed by atoms with Crippen molar-refractivity contribution in [1.29, 1.82) is 0 Å². The van der Waals surface area contributed by atoms with Gasteiger partial charge in [-0.2, -0.15) is 0 Å². The number of carbonyl (C=O) groups is 3. The van der Waals surface area contributed by atoms with E-state index in [0.29, 0.717) is 19.3 Å². The lowest BCUT2D eigenvalue weighted by Crippen LogP contribution is -2.64. The predicted octanol–water partition coefficient (Wildman–Crippen LogP) is 1.32. The molecular weight excluding hydrogens is 332 g/mol. The zero-order valence-electron chi connectivity index (χ0n) is 14.5. The average molecular weight is 356 g/mol. The third kappa shape index (κ3) is 2.81. The summed E-state index contributed by atoms with van der Waals surface area (Å²) in [6, 6.07) is 0. The van der Waals surface area contributed by atoms with Gasteiger partial charge in [0.25, 0.3) is 0 Å². The number of methoxy groups -OCH3 is 2. The largest absolute Gasteiger partial charge is 0.481 e. The summed E-state index contributed by atoms with van der Waals surface area (Å²) in [6.45, 7) is -0.376. The second-order valence-corrected chi connectivity index (χ2v) is 7.83. The molecule has 0 saturated heterocycles. The van der Waals surface area contributed by atoms with E-state index < -0.39 is 34.2 Å². The fraction of sp³-hybridized carbons (Fsp3) is 0.824. The quantitative estimate of drug-likeness (QED) is 0.537. The lowest BCUT2D eigenvalue weighted by Gasteiger charge is -2.62. The van der Waals surface area contributed by atoms with E-state index in [1.165, 1.54) is 14.2 Å². The van der Waals surface area contributed by atoms with Crippen LogP contribution in [0.5, 0.6) is 0 Å². The predicted molar refractivity (Wildman–Crippen MR) is 82.1 cm³/mol. The topological polar surface area (TPSA) is 108 Å². The van der Waals surface area contributed by atoms with Crippen molar-refractivity contribution in [1.82, 2.24) is 0 Å². The van der Waals surface area contributed by atoms with Gasteiger partial charge in [0.15, 0.2) is 13.6 Å². The summed E-state index contributed by atoms with van der Waals surface area (Å²) in [5.41, 5.74) is -3.03. The van der Waals surface area contributed by atoms with Crippen molar-refractivity contribution in [2.45, 2.75) is 38.5 Å². The van der Waals surface area contributed by atoms with Crippen molar-refractivity contribution in [3.63, 3.8) is 0 Å². The lowest BCUT2D eigenvalue weighted by atomic mass is 9.39. The van der Waals surface area contributed by atoms with Gasteiger partial charge in [0, 0.05) is 14.2 Å². The van der Waals surface area contributed by atoms with Crippen molar-refractivity contribution in [3.05, 3.63) is 0 Å². The molecule has 0 aromatic carbocycles. The molecule has 1 N–H and O–H groups in total. The fourth-order valence-corrected chi connectivity index (χ4v) is 5.66. The molecule has 2 unspecified atom stereocenters. The number of hydrogen-bond donors (Lipinski definition) is 1. The van der Waals surface area contributed by atoms with E-state index >= 15 is 0 Å². The van der Waals surface area contributed by atoms with Gasteiger partial charge in [-0.1, -0.05) is 0 Å². The number of carbonyl (C=O) groups excluding carboxylic acids is 2. The first kappa shape index (κ1) is 18.1. The number of carboxylic acids is 1. The van der Waals surface area contributed by atoms with E-state index in [0.717, 1.165) is 0 Å². The third-order valence-corrected chi connectivity index (χ3v) is 6.00. The van der Waals surface area contributed by atoms with Crippen molar-refractivity contribution in [2.24, 2.45) is 22.2 Å². The highest BCUT2D eigenvalue weighted by Crippen LogP contribution is 2.70. The fourth-order valence-electron chi connectivity index (χ4n) is 5.66. The first-order valence-electron chi connectivity index (χ1n) is 8.37. The second kappa shape index (κ2) is 6.25. The average Bonchev–Trinajstić information content (AvgIpc) is 2.56. The van der Waals surface area contributed by atoms with Gasteiger partial charge in [-0.25, -0.2) is 0 Å². The van der Waals surface area contributed by atoms with Crippen molar-refractivity contribution >= 4 is 17.9 Å². The summed E-state index contributed by atoms with van der Waals surface area (Å²) in [6.07, 6.45) is 2.24. The first-order chi connectivity index (χ1) is 11.8. The van der Waals surface area contributed by atoms with Gasteiger partial charge in [-0.05, 0) is 44.4 Å². The molecule has 0 heterocycles. The van der Waals surface area contributed by atoms with Crippen molar-refractivity contribution in [3.8, 4) is 0 Å². The maximum absolute atomic E-state index is 12.7. The zero-order chi connectivity index (χ0) is 18.3. The molecule has 8 heteroatoms. The Morgan fingerprint density at radius 2 is 1.24 bits per heavy atom. The van der Waals surface area contributed by atoms with E-state index in [-0.39, 0.29) is 38.8 Å². The van der Waals surface area contributed by atoms with Crippen molar-refractivity contribution < 1.29 is 38.4 Å². The summed E-state index contributed by atoms with van der Waals surface area (Å²) in [5.74, 6) is -1.93. The molecule has 8 nitrogen and oxygen atoms in total. The lowest BCUT2D eigenvalue weighted by molar-refractivity contribution is -0.219. The van der Waals surface area contributed by atoms with E-state index in [4.69, 9.17) is 18.9 Å². The molecule has 0 spiro atoms. The smallest absolute Gasteiger partial charge is 0.314 e. The maximum atomic E-state index is 12.7. The van der Waals surface area contributed by atoms with E-state index in [9.17, 15) is 19.5 Å². The summed E-state index contributed by atoms with van der Waals surface area (Å²) in [4.78, 5) is 37.5. The third-order valence-electron chi connectivity index (χ3n) is 6.00. The highest BCUT2D eigenvalue weighted by atomic mass is 16.7. The Morgan fingerprint density at radius 1 is 0.840 bits per heavy atom. The van der Waals surface area contributed by atoms with Gasteiger partial charge < -0.3 is 24.1 Å². The molecule has 4 aliphatic rings. The Balaban J connectivity index is 1.95. The number of ether oxygens (including phenoxy) is 4. The summed E-state index contributed by atoms with van der Waals surface area (Å²) < 4.78 is 20.0. The van der Waals surface area contributed by atoms with Gasteiger partial charge >= 0.3 is 17.9 Å². The van der Waals surface area contributed by atoms with Crippen LogP contribution in [0.15, 0.2) is 0 Å². The van der Waals surface area contributed by atoms with E-state index in [2.05, 4.69) is 0 Å². The molecule has 0 aliphatic heterocycles. The summed E-state index contributed by atoms with van der Waals surface area (Å²) in [5, 5.41) is 9.87. The number of hydrogen-bond acceptors (Lipinski definition) is 7. The summed E-state index contributed by atoms with van der Waals surface area (Å²) in [7, 11) is 2.82. The van der Waals surface area contributed by atoms with Crippen LogP contribution in [0.2, 0.25) is 0 Å². The van der Waals surface area contributed by atoms with Gasteiger partial charge in [-0.15, -0.1) is 0 Å². The molecule has 0 aromatic rings. The molecular formula is C17H24O8. The molecule has 0 amide bonds. The Hall–Kier alpha value is -1.67. The van der Waals surface area contributed by atoms with Crippen LogP contribution in [-0.2, 0) is 33.3 Å². The maximum Gasteiger partial charge on any atom is 0.314 e. The Kier molecular flexibility index (Phi) is 4.53. The molecule has 4 rings (SSSR count). The molecule has 25 heavy (non-hydrogen) atoms. The Bertz CT molecular complexity index is 549. The van der Waals surface area contributed by atoms with Crippen LogP contribution in [-0.4, -0.2) is 50.8 Å². The van der Waals surface area contributed by atoms with E-state index in [1.54, 1.807) is 0 Å². The monoisotopic (exact) mass is 356 g/mol. The molecule has 0 aromatic heterocycles. The zero-order valence-corrected chi connectivity index (χ0v) is 14.5. The van der Waals surface area contributed by atoms with Gasteiger partial charge in [0.05, 0.1) is 16.2 Å². The van der Waals surface area contributed by atoms with Crippen molar-refractivity contribution in [2.75, 3.05) is 27.8 Å². The number of aliphatic carboxylic acids is 1. The van der Waals surface area contributed by atoms with Crippen LogP contribution >= 0.6 is 0 Å². The summed E-state index contributed by atoms with van der Waals surface area (Å²) >= 11 is 0. The molecule has 2 atom stereocenters. The highest BCUT2D eigenvalue weighted by Gasteiger charge is 2.71. The van der Waals surface area contributed by atoms with Crippen LogP contribution < -0.4 is 0 Å². The number of rotatable bonds is 7. The highest BCUT2D eigenvalue weighted by molar-refractivity contribution is 5.87. The SMILES string of the molecule is COCOC(=O)C12CC3CC(C(=O)O)(C1)CC(C(=O)OCOC)(C3)C2. The Morgan fingerprint density at radius 3 is 1.64 bits per heavy atom.